The number of hydrogen-bond acceptors (Lipinski definition) is 5. The second-order valence-electron chi connectivity index (χ2n) is 8.06. The van der Waals surface area contributed by atoms with Crippen molar-refractivity contribution in [1.82, 2.24) is 0 Å². The number of anilines is 3. The Hall–Kier alpha value is -2.26. The topological polar surface area (TPSA) is 95.6 Å². The Balaban J connectivity index is 1.59. The number of rotatable bonds is 6. The van der Waals surface area contributed by atoms with Crippen molar-refractivity contribution in [3.8, 4) is 0 Å². The first kappa shape index (κ1) is 21.4. The fourth-order valence-electron chi connectivity index (χ4n) is 2.88. The van der Waals surface area contributed by atoms with Gasteiger partial charge in [-0.05, 0) is 69.2 Å². The summed E-state index contributed by atoms with van der Waals surface area (Å²) in [6.45, 7) is 6.04. The third-order valence-corrected chi connectivity index (χ3v) is 8.75. The molecule has 2 N–H and O–H groups in total. The van der Waals surface area contributed by atoms with E-state index in [1.54, 1.807) is 45.0 Å². The van der Waals surface area contributed by atoms with Gasteiger partial charge in [-0.3, -0.25) is 9.03 Å². The van der Waals surface area contributed by atoms with E-state index in [1.807, 2.05) is 24.3 Å². The van der Waals surface area contributed by atoms with Crippen molar-refractivity contribution >= 4 is 37.1 Å². The molecule has 3 rings (SSSR count). The molecule has 0 aliphatic carbocycles. The van der Waals surface area contributed by atoms with Gasteiger partial charge in [-0.15, -0.1) is 0 Å². The molecule has 1 aliphatic heterocycles. The Kier molecular flexibility index (Phi) is 5.82. The summed E-state index contributed by atoms with van der Waals surface area (Å²) >= 11 is 0. The van der Waals surface area contributed by atoms with Crippen LogP contribution in [0.25, 0.3) is 0 Å². The molecule has 7 nitrogen and oxygen atoms in total. The lowest BCUT2D eigenvalue weighted by atomic mass is 10.2. The highest BCUT2D eigenvalue weighted by molar-refractivity contribution is 7.94. The van der Waals surface area contributed by atoms with Crippen LogP contribution < -0.4 is 14.3 Å². The standard InChI is InChI=1S/C20H27N3O4S2/c1-20(2,3)29(26,27)22-18-7-5-16(6-8-18)15-21-17-9-11-19(12-10-17)23-13-4-14-28(23,24)25/h5-12,21-22H,4,13-15H2,1-3H3. The normalized spacial score (nSPS) is 16.6. The number of sulfonamides is 2. The van der Waals surface area contributed by atoms with Gasteiger partial charge in [0, 0.05) is 24.5 Å². The van der Waals surface area contributed by atoms with Crippen molar-refractivity contribution in [2.45, 2.75) is 38.5 Å². The van der Waals surface area contributed by atoms with Crippen LogP contribution >= 0.6 is 0 Å². The van der Waals surface area contributed by atoms with Crippen LogP contribution in [0.4, 0.5) is 17.1 Å². The van der Waals surface area contributed by atoms with E-state index in [0.717, 1.165) is 11.3 Å². The predicted octanol–water partition coefficient (Wildman–Crippen LogP) is 3.38. The molecule has 158 valence electrons. The van der Waals surface area contributed by atoms with Crippen LogP contribution in [0.1, 0.15) is 32.8 Å². The molecule has 1 aliphatic rings. The lowest BCUT2D eigenvalue weighted by Crippen LogP contribution is -2.33. The summed E-state index contributed by atoms with van der Waals surface area (Å²) in [5.74, 6) is 0.203. The Labute approximate surface area is 173 Å². The zero-order chi connectivity index (χ0) is 21.3. The minimum atomic E-state index is -3.45. The molecule has 0 unspecified atom stereocenters. The molecule has 2 aromatic rings. The molecular formula is C20H27N3O4S2. The Morgan fingerprint density at radius 2 is 1.55 bits per heavy atom. The Morgan fingerprint density at radius 1 is 0.966 bits per heavy atom. The fraction of sp³-hybridized carbons (Fsp3) is 0.400. The summed E-state index contributed by atoms with van der Waals surface area (Å²) in [7, 11) is -6.62. The molecule has 29 heavy (non-hydrogen) atoms. The summed E-state index contributed by atoms with van der Waals surface area (Å²) in [6.07, 6.45) is 0.657. The zero-order valence-corrected chi connectivity index (χ0v) is 18.5. The van der Waals surface area contributed by atoms with Crippen molar-refractivity contribution in [3.05, 3.63) is 54.1 Å². The lowest BCUT2D eigenvalue weighted by molar-refractivity contribution is 0.566. The third-order valence-electron chi connectivity index (χ3n) is 4.76. The molecule has 0 aromatic heterocycles. The first-order valence-corrected chi connectivity index (χ1v) is 12.5. The van der Waals surface area contributed by atoms with E-state index in [0.29, 0.717) is 30.9 Å². The lowest BCUT2D eigenvalue weighted by Gasteiger charge is -2.20. The molecule has 0 spiro atoms. The summed E-state index contributed by atoms with van der Waals surface area (Å²) < 4.78 is 51.6. The predicted molar refractivity (Wildman–Crippen MR) is 118 cm³/mol. The molecule has 0 amide bonds. The molecule has 0 bridgehead atoms. The van der Waals surface area contributed by atoms with Gasteiger partial charge in [0.15, 0.2) is 0 Å². The molecule has 0 saturated carbocycles. The summed E-state index contributed by atoms with van der Waals surface area (Å²) in [6, 6.07) is 14.5. The molecule has 9 heteroatoms. The van der Waals surface area contributed by atoms with Gasteiger partial charge >= 0.3 is 0 Å². The van der Waals surface area contributed by atoms with Gasteiger partial charge in [-0.2, -0.15) is 0 Å². The van der Waals surface area contributed by atoms with Crippen molar-refractivity contribution in [3.63, 3.8) is 0 Å². The van der Waals surface area contributed by atoms with Crippen LogP contribution in [0.5, 0.6) is 0 Å². The minimum Gasteiger partial charge on any atom is -0.381 e. The van der Waals surface area contributed by atoms with Crippen LogP contribution in [-0.4, -0.2) is 33.9 Å². The highest BCUT2D eigenvalue weighted by Crippen LogP contribution is 2.25. The molecule has 2 aromatic carbocycles. The number of nitrogens with zero attached hydrogens (tertiary/aromatic N) is 1. The third kappa shape index (κ3) is 5.02. The number of benzene rings is 2. The van der Waals surface area contributed by atoms with Gasteiger partial charge in [-0.25, -0.2) is 16.8 Å². The largest absolute Gasteiger partial charge is 0.381 e. The van der Waals surface area contributed by atoms with Crippen LogP contribution in [-0.2, 0) is 26.6 Å². The monoisotopic (exact) mass is 437 g/mol. The highest BCUT2D eigenvalue weighted by atomic mass is 32.2. The SMILES string of the molecule is CC(C)(C)S(=O)(=O)Nc1ccc(CNc2ccc(N3CCCS3(=O)=O)cc2)cc1. The second-order valence-corrected chi connectivity index (χ2v) is 12.5. The van der Waals surface area contributed by atoms with Crippen molar-refractivity contribution in [2.24, 2.45) is 0 Å². The maximum absolute atomic E-state index is 12.2. The van der Waals surface area contributed by atoms with Crippen molar-refractivity contribution in [1.29, 1.82) is 0 Å². The Morgan fingerprint density at radius 3 is 2.07 bits per heavy atom. The van der Waals surface area contributed by atoms with Crippen LogP contribution in [0.15, 0.2) is 48.5 Å². The van der Waals surface area contributed by atoms with Crippen LogP contribution in [0, 0.1) is 0 Å². The number of hydrogen-bond donors (Lipinski definition) is 2. The molecule has 0 radical (unpaired) electrons. The van der Waals surface area contributed by atoms with E-state index < -0.39 is 24.8 Å². The van der Waals surface area contributed by atoms with Gasteiger partial charge in [0.05, 0.1) is 16.2 Å². The van der Waals surface area contributed by atoms with Crippen molar-refractivity contribution in [2.75, 3.05) is 26.6 Å². The minimum absolute atomic E-state index is 0.203. The van der Waals surface area contributed by atoms with Crippen molar-refractivity contribution < 1.29 is 16.8 Å². The first-order valence-electron chi connectivity index (χ1n) is 9.44. The number of nitrogens with one attached hydrogen (secondary N) is 2. The van der Waals surface area contributed by atoms with Crippen LogP contribution in [0.2, 0.25) is 0 Å². The zero-order valence-electron chi connectivity index (χ0n) is 16.8. The summed E-state index contributed by atoms with van der Waals surface area (Å²) in [5, 5.41) is 3.28. The van der Waals surface area contributed by atoms with Gasteiger partial charge in [0.1, 0.15) is 0 Å². The molecule has 0 atom stereocenters. The van der Waals surface area contributed by atoms with Gasteiger partial charge in [-0.1, -0.05) is 12.1 Å². The van der Waals surface area contributed by atoms with E-state index >= 15 is 0 Å². The van der Waals surface area contributed by atoms with Gasteiger partial charge in [0.25, 0.3) is 0 Å². The molecule has 1 heterocycles. The van der Waals surface area contributed by atoms with E-state index in [-0.39, 0.29) is 5.75 Å². The van der Waals surface area contributed by atoms with E-state index in [9.17, 15) is 16.8 Å². The first-order chi connectivity index (χ1) is 13.5. The van der Waals surface area contributed by atoms with Gasteiger partial charge < -0.3 is 5.32 Å². The van der Waals surface area contributed by atoms with E-state index in [4.69, 9.17) is 0 Å². The maximum Gasteiger partial charge on any atom is 0.237 e. The molecular weight excluding hydrogens is 410 g/mol. The smallest absolute Gasteiger partial charge is 0.237 e. The second kappa shape index (κ2) is 7.87. The average molecular weight is 438 g/mol. The van der Waals surface area contributed by atoms with Crippen LogP contribution in [0.3, 0.4) is 0 Å². The van der Waals surface area contributed by atoms with Gasteiger partial charge in [0.2, 0.25) is 20.0 Å². The fourth-order valence-corrected chi connectivity index (χ4v) is 5.20. The molecule has 1 fully saturated rings. The average Bonchev–Trinajstić information content (AvgIpc) is 2.99. The highest BCUT2D eigenvalue weighted by Gasteiger charge is 2.29. The summed E-state index contributed by atoms with van der Waals surface area (Å²) in [5.41, 5.74) is 3.08. The summed E-state index contributed by atoms with van der Waals surface area (Å²) in [4.78, 5) is 0. The quantitative estimate of drug-likeness (QED) is 0.722. The maximum atomic E-state index is 12.2. The Bertz CT molecular complexity index is 1060. The van der Waals surface area contributed by atoms with E-state index in [2.05, 4.69) is 10.0 Å². The molecule has 1 saturated heterocycles. The van der Waals surface area contributed by atoms with E-state index in [1.165, 1.54) is 4.31 Å².